The van der Waals surface area contributed by atoms with E-state index < -0.39 is 0 Å². The summed E-state index contributed by atoms with van der Waals surface area (Å²) in [5.41, 5.74) is 2.46. The molecule has 0 aliphatic heterocycles. The van der Waals surface area contributed by atoms with E-state index in [0.717, 1.165) is 35.2 Å². The van der Waals surface area contributed by atoms with Gasteiger partial charge in [-0.2, -0.15) is 5.10 Å². The second kappa shape index (κ2) is 5.48. The molecule has 0 radical (unpaired) electrons. The van der Waals surface area contributed by atoms with Crippen LogP contribution in [0.2, 0.25) is 0 Å². The van der Waals surface area contributed by atoms with Crippen LogP contribution in [-0.2, 0) is 7.05 Å². The monoisotopic (exact) mass is 287 g/mol. The minimum Gasteiger partial charge on any atom is -0.342 e. The molecule has 90 valence electrons. The van der Waals surface area contributed by atoms with Crippen molar-refractivity contribution in [2.24, 2.45) is 7.05 Å². The van der Waals surface area contributed by atoms with E-state index in [9.17, 15) is 4.79 Å². The van der Waals surface area contributed by atoms with Gasteiger partial charge < -0.3 is 4.90 Å². The number of alkyl halides is 1. The number of nitrogens with zero attached hydrogens (tertiary/aromatic N) is 3. The predicted octanol–water partition coefficient (Wildman–Crippen LogP) is 1.89. The van der Waals surface area contributed by atoms with Gasteiger partial charge in [0.25, 0.3) is 5.91 Å². The first kappa shape index (κ1) is 13.2. The molecule has 1 aromatic heterocycles. The van der Waals surface area contributed by atoms with Gasteiger partial charge in [-0.15, -0.1) is 0 Å². The molecule has 0 spiro atoms. The summed E-state index contributed by atoms with van der Waals surface area (Å²) < 4.78 is 1.75. The fraction of sp³-hybridized carbons (Fsp3) is 0.636. The van der Waals surface area contributed by atoms with Crippen LogP contribution in [0, 0.1) is 13.8 Å². The lowest BCUT2D eigenvalue weighted by atomic mass is 10.1. The maximum Gasteiger partial charge on any atom is 0.257 e. The van der Waals surface area contributed by atoms with Crippen molar-refractivity contribution in [3.05, 3.63) is 17.0 Å². The summed E-state index contributed by atoms with van der Waals surface area (Å²) in [6, 6.07) is 0. The average molecular weight is 288 g/mol. The number of halogens is 1. The molecule has 0 atom stereocenters. The summed E-state index contributed by atoms with van der Waals surface area (Å²) >= 11 is 3.36. The normalized spacial score (nSPS) is 10.6. The molecule has 1 amide bonds. The fourth-order valence-corrected chi connectivity index (χ4v) is 1.92. The molecule has 0 aliphatic rings. The van der Waals surface area contributed by atoms with Gasteiger partial charge in [-0.25, -0.2) is 0 Å². The van der Waals surface area contributed by atoms with Crippen LogP contribution in [0.25, 0.3) is 0 Å². The van der Waals surface area contributed by atoms with Crippen molar-refractivity contribution >= 4 is 21.8 Å². The zero-order chi connectivity index (χ0) is 12.3. The van der Waals surface area contributed by atoms with Crippen LogP contribution in [-0.4, -0.2) is 39.5 Å². The van der Waals surface area contributed by atoms with Crippen LogP contribution in [0.4, 0.5) is 0 Å². The molecular formula is C11H18BrN3O. The van der Waals surface area contributed by atoms with Gasteiger partial charge in [0.15, 0.2) is 0 Å². The molecule has 0 saturated carbocycles. The molecule has 0 saturated heterocycles. The third kappa shape index (κ3) is 2.64. The molecule has 0 bridgehead atoms. The number of hydrogen-bond donors (Lipinski definition) is 0. The molecule has 16 heavy (non-hydrogen) atoms. The van der Waals surface area contributed by atoms with Crippen LogP contribution < -0.4 is 0 Å². The second-order valence-electron chi connectivity index (χ2n) is 3.94. The number of carbonyl (C=O) groups excluding carboxylic acids is 1. The number of aromatic nitrogens is 2. The molecule has 1 heterocycles. The maximum atomic E-state index is 12.2. The third-order valence-corrected chi connectivity index (χ3v) is 3.26. The molecular weight excluding hydrogens is 270 g/mol. The van der Waals surface area contributed by atoms with E-state index >= 15 is 0 Å². The number of aryl methyl sites for hydroxylation is 2. The maximum absolute atomic E-state index is 12.2. The molecule has 5 heteroatoms. The van der Waals surface area contributed by atoms with Crippen LogP contribution in [0.1, 0.15) is 28.2 Å². The van der Waals surface area contributed by atoms with Gasteiger partial charge in [0, 0.05) is 31.7 Å². The van der Waals surface area contributed by atoms with Crippen molar-refractivity contribution in [2.45, 2.75) is 20.3 Å². The molecule has 4 nitrogen and oxygen atoms in total. The van der Waals surface area contributed by atoms with Gasteiger partial charge >= 0.3 is 0 Å². The fourth-order valence-electron chi connectivity index (χ4n) is 1.67. The van der Waals surface area contributed by atoms with Gasteiger partial charge in [0.2, 0.25) is 0 Å². The van der Waals surface area contributed by atoms with Gasteiger partial charge in [0.05, 0.1) is 11.3 Å². The zero-order valence-electron chi connectivity index (χ0n) is 10.2. The Hall–Kier alpha value is -0.840. The standard InChI is InChI=1S/C11H18BrN3O/c1-8-10(9(2)15(4)13-8)11(16)14(3)7-5-6-12/h5-7H2,1-4H3. The first-order valence-electron chi connectivity index (χ1n) is 5.30. The van der Waals surface area contributed by atoms with E-state index in [1.807, 2.05) is 27.9 Å². The Morgan fingerprint density at radius 3 is 2.56 bits per heavy atom. The Morgan fingerprint density at radius 2 is 2.12 bits per heavy atom. The molecule has 1 rings (SSSR count). The molecule has 0 unspecified atom stereocenters. The smallest absolute Gasteiger partial charge is 0.257 e. The summed E-state index contributed by atoms with van der Waals surface area (Å²) in [6.45, 7) is 4.56. The van der Waals surface area contributed by atoms with E-state index in [1.54, 1.807) is 9.58 Å². The topological polar surface area (TPSA) is 38.1 Å². The number of amides is 1. The highest BCUT2D eigenvalue weighted by Gasteiger charge is 2.20. The highest BCUT2D eigenvalue weighted by Crippen LogP contribution is 2.14. The van der Waals surface area contributed by atoms with Crippen LogP contribution in [0.5, 0.6) is 0 Å². The SMILES string of the molecule is Cc1nn(C)c(C)c1C(=O)N(C)CCCBr. The second-order valence-corrected chi connectivity index (χ2v) is 4.73. The minimum atomic E-state index is 0.0593. The molecule has 0 aliphatic carbocycles. The Labute approximate surface area is 105 Å². The summed E-state index contributed by atoms with van der Waals surface area (Å²) in [4.78, 5) is 13.9. The number of carbonyl (C=O) groups is 1. The van der Waals surface area contributed by atoms with E-state index in [1.165, 1.54) is 0 Å². The average Bonchev–Trinajstić information content (AvgIpc) is 2.49. The van der Waals surface area contributed by atoms with Crippen molar-refractivity contribution in [3.8, 4) is 0 Å². The minimum absolute atomic E-state index is 0.0593. The van der Waals surface area contributed by atoms with Crippen molar-refractivity contribution in [1.29, 1.82) is 0 Å². The van der Waals surface area contributed by atoms with Crippen LogP contribution in [0.15, 0.2) is 0 Å². The lowest BCUT2D eigenvalue weighted by Gasteiger charge is -2.16. The molecule has 0 aromatic carbocycles. The zero-order valence-corrected chi connectivity index (χ0v) is 11.8. The predicted molar refractivity (Wildman–Crippen MR) is 68.1 cm³/mol. The largest absolute Gasteiger partial charge is 0.342 e. The highest BCUT2D eigenvalue weighted by atomic mass is 79.9. The summed E-state index contributed by atoms with van der Waals surface area (Å²) in [5.74, 6) is 0.0593. The van der Waals surface area contributed by atoms with E-state index in [0.29, 0.717) is 0 Å². The van der Waals surface area contributed by atoms with Gasteiger partial charge in [-0.1, -0.05) is 15.9 Å². The molecule has 0 fully saturated rings. The van der Waals surface area contributed by atoms with Crippen molar-refractivity contribution in [2.75, 3.05) is 18.9 Å². The Morgan fingerprint density at radius 1 is 1.50 bits per heavy atom. The van der Waals surface area contributed by atoms with Crippen LogP contribution in [0.3, 0.4) is 0 Å². The number of hydrogen-bond acceptors (Lipinski definition) is 2. The lowest BCUT2D eigenvalue weighted by Crippen LogP contribution is -2.28. The van der Waals surface area contributed by atoms with Gasteiger partial charge in [-0.3, -0.25) is 9.48 Å². The Balaban J connectivity index is 2.87. The van der Waals surface area contributed by atoms with Crippen molar-refractivity contribution in [1.82, 2.24) is 14.7 Å². The summed E-state index contributed by atoms with van der Waals surface area (Å²) in [5, 5.41) is 5.17. The van der Waals surface area contributed by atoms with E-state index in [4.69, 9.17) is 0 Å². The van der Waals surface area contributed by atoms with E-state index in [-0.39, 0.29) is 5.91 Å². The molecule has 1 aromatic rings. The quantitative estimate of drug-likeness (QED) is 0.794. The van der Waals surface area contributed by atoms with E-state index in [2.05, 4.69) is 21.0 Å². The first-order valence-corrected chi connectivity index (χ1v) is 6.42. The van der Waals surface area contributed by atoms with Crippen molar-refractivity contribution < 1.29 is 4.79 Å². The van der Waals surface area contributed by atoms with Crippen molar-refractivity contribution in [3.63, 3.8) is 0 Å². The Kier molecular flexibility index (Phi) is 4.53. The Bertz CT molecular complexity index is 387. The highest BCUT2D eigenvalue weighted by molar-refractivity contribution is 9.09. The third-order valence-electron chi connectivity index (χ3n) is 2.70. The van der Waals surface area contributed by atoms with Crippen LogP contribution >= 0.6 is 15.9 Å². The summed E-state index contributed by atoms with van der Waals surface area (Å²) in [6.07, 6.45) is 0.959. The first-order chi connectivity index (χ1) is 7.49. The lowest BCUT2D eigenvalue weighted by molar-refractivity contribution is 0.0794. The van der Waals surface area contributed by atoms with Gasteiger partial charge in [0.1, 0.15) is 0 Å². The summed E-state index contributed by atoms with van der Waals surface area (Å²) in [7, 11) is 3.69. The van der Waals surface area contributed by atoms with Gasteiger partial charge in [-0.05, 0) is 20.3 Å². The number of rotatable bonds is 4. The molecule has 0 N–H and O–H groups in total.